The van der Waals surface area contributed by atoms with Gasteiger partial charge in [0.05, 0.1) is 24.4 Å². The molecule has 0 unspecified atom stereocenters. The third kappa shape index (κ3) is 2.70. The lowest BCUT2D eigenvalue weighted by Crippen LogP contribution is -2.44. The van der Waals surface area contributed by atoms with Crippen molar-refractivity contribution in [2.24, 2.45) is 0 Å². The molecule has 2 fully saturated rings. The lowest BCUT2D eigenvalue weighted by Gasteiger charge is -2.31. The third-order valence-corrected chi connectivity index (χ3v) is 4.42. The topological polar surface area (TPSA) is 64.8 Å². The SMILES string of the molecule is O=C(c1ccoc1)N1C[C@H](Oc2ccccn2)[C@H]2OCCC[C@H]21. The second-order valence-corrected chi connectivity index (χ2v) is 5.84. The van der Waals surface area contributed by atoms with Gasteiger partial charge in [-0.1, -0.05) is 6.07 Å². The van der Waals surface area contributed by atoms with E-state index >= 15 is 0 Å². The van der Waals surface area contributed by atoms with E-state index in [2.05, 4.69) is 4.98 Å². The van der Waals surface area contributed by atoms with E-state index in [0.717, 1.165) is 12.8 Å². The van der Waals surface area contributed by atoms with Crippen LogP contribution in [0.4, 0.5) is 0 Å². The Bertz CT molecular complexity index is 658. The van der Waals surface area contributed by atoms with Crippen molar-refractivity contribution in [3.8, 4) is 5.88 Å². The molecule has 0 saturated carbocycles. The molecular formula is C17H18N2O4. The lowest BCUT2D eigenvalue weighted by molar-refractivity contribution is -0.0455. The van der Waals surface area contributed by atoms with Gasteiger partial charge in [0.25, 0.3) is 5.91 Å². The number of hydrogen-bond donors (Lipinski definition) is 0. The molecule has 3 atom stereocenters. The normalized spacial score (nSPS) is 26.8. The summed E-state index contributed by atoms with van der Waals surface area (Å²) >= 11 is 0. The Morgan fingerprint density at radius 3 is 3.09 bits per heavy atom. The second kappa shape index (κ2) is 6.04. The van der Waals surface area contributed by atoms with E-state index in [-0.39, 0.29) is 24.2 Å². The van der Waals surface area contributed by atoms with Gasteiger partial charge >= 0.3 is 0 Å². The zero-order valence-corrected chi connectivity index (χ0v) is 12.6. The zero-order valence-electron chi connectivity index (χ0n) is 12.6. The molecular weight excluding hydrogens is 296 g/mol. The summed E-state index contributed by atoms with van der Waals surface area (Å²) < 4.78 is 16.9. The number of rotatable bonds is 3. The monoisotopic (exact) mass is 314 g/mol. The average Bonchev–Trinajstić information content (AvgIpc) is 3.24. The molecule has 2 aliphatic heterocycles. The van der Waals surface area contributed by atoms with Crippen LogP contribution in [0.25, 0.3) is 0 Å². The fourth-order valence-corrected chi connectivity index (χ4v) is 3.37. The minimum atomic E-state index is -0.203. The van der Waals surface area contributed by atoms with Crippen LogP contribution in [0.3, 0.4) is 0 Å². The predicted molar refractivity (Wildman–Crippen MR) is 81.2 cm³/mol. The largest absolute Gasteiger partial charge is 0.472 e. The molecule has 0 radical (unpaired) electrons. The van der Waals surface area contributed by atoms with E-state index < -0.39 is 0 Å². The van der Waals surface area contributed by atoms with Crippen LogP contribution in [-0.2, 0) is 4.74 Å². The Hall–Kier alpha value is -2.34. The molecule has 4 rings (SSSR count). The summed E-state index contributed by atoms with van der Waals surface area (Å²) in [6.45, 7) is 1.20. The second-order valence-electron chi connectivity index (χ2n) is 5.84. The summed E-state index contributed by atoms with van der Waals surface area (Å²) in [6, 6.07) is 7.27. The Labute approximate surface area is 134 Å². The minimum Gasteiger partial charge on any atom is -0.472 e. The molecule has 23 heavy (non-hydrogen) atoms. The minimum absolute atomic E-state index is 0.0358. The van der Waals surface area contributed by atoms with E-state index in [4.69, 9.17) is 13.9 Å². The first-order chi connectivity index (χ1) is 11.3. The smallest absolute Gasteiger partial charge is 0.257 e. The number of carbonyl (C=O) groups is 1. The molecule has 2 aromatic rings. The van der Waals surface area contributed by atoms with Crippen LogP contribution in [0, 0.1) is 0 Å². The maximum absolute atomic E-state index is 12.7. The quantitative estimate of drug-likeness (QED) is 0.868. The van der Waals surface area contributed by atoms with Crippen molar-refractivity contribution in [2.45, 2.75) is 31.1 Å². The molecule has 0 aromatic carbocycles. The Kier molecular flexibility index (Phi) is 3.75. The molecule has 2 aromatic heterocycles. The van der Waals surface area contributed by atoms with Gasteiger partial charge in [0.1, 0.15) is 18.5 Å². The summed E-state index contributed by atoms with van der Waals surface area (Å²) in [5.41, 5.74) is 0.563. The first kappa shape index (κ1) is 14.3. The Morgan fingerprint density at radius 2 is 2.30 bits per heavy atom. The van der Waals surface area contributed by atoms with Gasteiger partial charge in [-0.15, -0.1) is 0 Å². The van der Waals surface area contributed by atoms with E-state index in [1.807, 2.05) is 23.1 Å². The van der Waals surface area contributed by atoms with Gasteiger partial charge in [-0.3, -0.25) is 4.79 Å². The number of likely N-dealkylation sites (tertiary alicyclic amines) is 1. The van der Waals surface area contributed by atoms with Gasteiger partial charge < -0.3 is 18.8 Å². The molecule has 120 valence electrons. The maximum Gasteiger partial charge on any atom is 0.257 e. The molecule has 0 bridgehead atoms. The summed E-state index contributed by atoms with van der Waals surface area (Å²) in [6.07, 6.45) is 6.25. The van der Waals surface area contributed by atoms with Crippen molar-refractivity contribution in [1.82, 2.24) is 9.88 Å². The van der Waals surface area contributed by atoms with E-state index in [1.165, 1.54) is 12.5 Å². The number of ether oxygens (including phenoxy) is 2. The van der Waals surface area contributed by atoms with Crippen LogP contribution < -0.4 is 4.74 Å². The van der Waals surface area contributed by atoms with Crippen molar-refractivity contribution in [1.29, 1.82) is 0 Å². The van der Waals surface area contributed by atoms with Gasteiger partial charge in [0.15, 0.2) is 0 Å². The van der Waals surface area contributed by atoms with Crippen LogP contribution in [-0.4, -0.2) is 47.2 Å². The molecule has 2 saturated heterocycles. The number of fused-ring (bicyclic) bond motifs is 1. The molecule has 0 aliphatic carbocycles. The first-order valence-corrected chi connectivity index (χ1v) is 7.85. The highest BCUT2D eigenvalue weighted by molar-refractivity contribution is 5.94. The molecule has 6 nitrogen and oxygen atoms in total. The Balaban J connectivity index is 1.56. The van der Waals surface area contributed by atoms with Gasteiger partial charge in [0, 0.05) is 18.9 Å². The zero-order chi connectivity index (χ0) is 15.6. The molecule has 1 amide bonds. The highest BCUT2D eigenvalue weighted by Crippen LogP contribution is 2.32. The number of hydrogen-bond acceptors (Lipinski definition) is 5. The third-order valence-electron chi connectivity index (χ3n) is 4.42. The highest BCUT2D eigenvalue weighted by atomic mass is 16.5. The van der Waals surface area contributed by atoms with E-state index in [9.17, 15) is 4.79 Å². The van der Waals surface area contributed by atoms with Crippen molar-refractivity contribution in [3.05, 3.63) is 48.6 Å². The van der Waals surface area contributed by atoms with Gasteiger partial charge in [-0.25, -0.2) is 4.98 Å². The number of furan rings is 1. The van der Waals surface area contributed by atoms with E-state index in [1.54, 1.807) is 12.3 Å². The standard InChI is InChI=1S/C17H18N2O4/c20-17(12-6-9-21-11-12)19-10-14(16-13(19)4-3-8-22-16)23-15-5-1-2-7-18-15/h1-2,5-7,9,11,13-14,16H,3-4,8,10H2/t13-,14+,16+/m1/s1. The Morgan fingerprint density at radius 1 is 1.35 bits per heavy atom. The molecule has 2 aliphatic rings. The van der Waals surface area contributed by atoms with Crippen LogP contribution in [0.15, 0.2) is 47.4 Å². The van der Waals surface area contributed by atoms with Crippen molar-refractivity contribution in [3.63, 3.8) is 0 Å². The highest BCUT2D eigenvalue weighted by Gasteiger charge is 2.47. The van der Waals surface area contributed by atoms with Crippen LogP contribution >= 0.6 is 0 Å². The first-order valence-electron chi connectivity index (χ1n) is 7.85. The summed E-state index contributed by atoms with van der Waals surface area (Å²) in [4.78, 5) is 18.8. The maximum atomic E-state index is 12.7. The van der Waals surface area contributed by atoms with Crippen LogP contribution in [0.2, 0.25) is 0 Å². The summed E-state index contributed by atoms with van der Waals surface area (Å²) in [5.74, 6) is 0.523. The number of carbonyl (C=O) groups excluding carboxylic acids is 1. The van der Waals surface area contributed by atoms with Crippen molar-refractivity contribution >= 4 is 5.91 Å². The van der Waals surface area contributed by atoms with Crippen LogP contribution in [0.1, 0.15) is 23.2 Å². The number of pyridine rings is 1. The number of amides is 1. The fourth-order valence-electron chi connectivity index (χ4n) is 3.37. The van der Waals surface area contributed by atoms with Crippen molar-refractivity contribution in [2.75, 3.05) is 13.2 Å². The van der Waals surface area contributed by atoms with Gasteiger partial charge in [-0.05, 0) is 25.0 Å². The predicted octanol–water partition coefficient (Wildman–Crippen LogP) is 2.13. The van der Waals surface area contributed by atoms with Crippen LogP contribution in [0.5, 0.6) is 5.88 Å². The molecule has 6 heteroatoms. The summed E-state index contributed by atoms with van der Waals surface area (Å²) in [5, 5.41) is 0. The van der Waals surface area contributed by atoms with E-state index in [0.29, 0.717) is 24.6 Å². The molecule has 0 spiro atoms. The lowest BCUT2D eigenvalue weighted by atomic mass is 10.0. The summed E-state index contributed by atoms with van der Waals surface area (Å²) in [7, 11) is 0. The van der Waals surface area contributed by atoms with Crippen molar-refractivity contribution < 1.29 is 18.7 Å². The van der Waals surface area contributed by atoms with Gasteiger partial charge in [-0.2, -0.15) is 0 Å². The van der Waals surface area contributed by atoms with Gasteiger partial charge in [0.2, 0.25) is 5.88 Å². The number of aromatic nitrogens is 1. The average molecular weight is 314 g/mol. The molecule has 4 heterocycles. The molecule has 0 N–H and O–H groups in total. The number of nitrogens with zero attached hydrogens (tertiary/aromatic N) is 2. The fraction of sp³-hybridized carbons (Fsp3) is 0.412.